The number of aromatic nitrogens is 2. The molecule has 27 heavy (non-hydrogen) atoms. The minimum absolute atomic E-state index is 0.0839. The van der Waals surface area contributed by atoms with Gasteiger partial charge in [-0.2, -0.15) is 10.2 Å². The van der Waals surface area contributed by atoms with Crippen molar-refractivity contribution in [1.29, 1.82) is 0 Å². The number of hydrazone groups is 1. The van der Waals surface area contributed by atoms with Gasteiger partial charge in [-0.1, -0.05) is 19.8 Å². The van der Waals surface area contributed by atoms with Crippen molar-refractivity contribution in [2.45, 2.75) is 65.0 Å². The molecule has 150 valence electrons. The fourth-order valence-electron chi connectivity index (χ4n) is 4.07. The summed E-state index contributed by atoms with van der Waals surface area (Å²) in [5.74, 6) is 1.02. The summed E-state index contributed by atoms with van der Waals surface area (Å²) in [5.41, 5.74) is 5.57. The van der Waals surface area contributed by atoms with Crippen molar-refractivity contribution in [3.05, 3.63) is 17.0 Å². The van der Waals surface area contributed by atoms with Gasteiger partial charge >= 0.3 is 0 Å². The Bertz CT molecular complexity index is 831. The van der Waals surface area contributed by atoms with E-state index in [1.807, 2.05) is 18.5 Å². The summed E-state index contributed by atoms with van der Waals surface area (Å²) in [6, 6.07) is 0.323. The number of sulfone groups is 1. The number of thiocarbonyl (C=S) groups is 1. The van der Waals surface area contributed by atoms with Gasteiger partial charge in [-0.25, -0.2) is 8.42 Å². The van der Waals surface area contributed by atoms with E-state index in [9.17, 15) is 8.42 Å². The van der Waals surface area contributed by atoms with E-state index < -0.39 is 9.84 Å². The topological polar surface area (TPSA) is 88.4 Å². The maximum Gasteiger partial charge on any atom is 0.187 e. The quantitative estimate of drug-likeness (QED) is 0.449. The molecule has 3 atom stereocenters. The Hall–Kier alpha value is -1.48. The number of nitrogens with zero attached hydrogens (tertiary/aromatic N) is 3. The first-order valence-electron chi connectivity index (χ1n) is 9.62. The molecular weight excluding hydrogens is 382 g/mol. The molecule has 2 heterocycles. The van der Waals surface area contributed by atoms with Crippen molar-refractivity contribution in [1.82, 2.24) is 20.5 Å². The second-order valence-corrected chi connectivity index (χ2v) is 10.4. The van der Waals surface area contributed by atoms with Crippen molar-refractivity contribution >= 4 is 33.4 Å². The van der Waals surface area contributed by atoms with Crippen molar-refractivity contribution in [3.63, 3.8) is 0 Å². The Morgan fingerprint density at radius 2 is 2.04 bits per heavy atom. The maximum atomic E-state index is 11.8. The lowest BCUT2D eigenvalue weighted by atomic mass is 9.86. The smallest absolute Gasteiger partial charge is 0.187 e. The van der Waals surface area contributed by atoms with Crippen molar-refractivity contribution in [2.75, 3.05) is 11.5 Å². The molecule has 1 aromatic heterocycles. The van der Waals surface area contributed by atoms with E-state index in [1.165, 1.54) is 19.3 Å². The van der Waals surface area contributed by atoms with Gasteiger partial charge in [-0.3, -0.25) is 10.1 Å². The summed E-state index contributed by atoms with van der Waals surface area (Å²) < 4.78 is 25.3. The van der Waals surface area contributed by atoms with Gasteiger partial charge in [0.15, 0.2) is 14.9 Å². The lowest BCUT2D eigenvalue weighted by molar-refractivity contribution is 0.308. The average molecular weight is 412 g/mol. The summed E-state index contributed by atoms with van der Waals surface area (Å²) in [5, 5.41) is 12.7. The van der Waals surface area contributed by atoms with Crippen LogP contribution < -0.4 is 10.7 Å². The van der Waals surface area contributed by atoms with Crippen LogP contribution in [0.5, 0.6) is 0 Å². The average Bonchev–Trinajstić information content (AvgIpc) is 3.10. The van der Waals surface area contributed by atoms with E-state index in [4.69, 9.17) is 12.2 Å². The Morgan fingerprint density at radius 3 is 2.70 bits per heavy atom. The molecule has 1 saturated heterocycles. The van der Waals surface area contributed by atoms with Crippen LogP contribution in [0.2, 0.25) is 0 Å². The summed E-state index contributed by atoms with van der Waals surface area (Å²) in [7, 11) is -2.94. The molecule has 3 rings (SSSR count). The largest absolute Gasteiger partial charge is 0.358 e. The van der Waals surface area contributed by atoms with Crippen LogP contribution >= 0.6 is 12.2 Å². The fraction of sp³-hybridized carbons (Fsp3) is 0.722. The molecule has 0 amide bonds. The predicted octanol–water partition coefficient (Wildman–Crippen LogP) is 2.24. The first-order valence-corrected chi connectivity index (χ1v) is 11.9. The number of nitrogens with one attached hydrogen (secondary N) is 2. The van der Waals surface area contributed by atoms with E-state index in [1.54, 1.807) is 6.21 Å². The van der Waals surface area contributed by atoms with E-state index in [-0.39, 0.29) is 17.5 Å². The Morgan fingerprint density at radius 1 is 1.30 bits per heavy atom. The lowest BCUT2D eigenvalue weighted by Gasteiger charge is -2.30. The van der Waals surface area contributed by atoms with Crippen LogP contribution in [0, 0.1) is 19.8 Å². The van der Waals surface area contributed by atoms with Gasteiger partial charge < -0.3 is 5.32 Å². The Kier molecular flexibility index (Phi) is 6.20. The third-order valence-electron chi connectivity index (χ3n) is 5.72. The molecule has 0 aromatic carbocycles. The Balaban J connectivity index is 1.61. The van der Waals surface area contributed by atoms with E-state index in [2.05, 4.69) is 27.9 Å². The summed E-state index contributed by atoms with van der Waals surface area (Å²) >= 11 is 5.36. The molecule has 0 unspecified atom stereocenters. The van der Waals surface area contributed by atoms with E-state index >= 15 is 0 Å². The zero-order valence-corrected chi connectivity index (χ0v) is 17.9. The highest BCUT2D eigenvalue weighted by atomic mass is 32.2. The molecule has 1 aromatic rings. The van der Waals surface area contributed by atoms with Crippen LogP contribution in [0.3, 0.4) is 0 Å². The monoisotopic (exact) mass is 411 g/mol. The van der Waals surface area contributed by atoms with Gasteiger partial charge in [-0.15, -0.1) is 0 Å². The molecule has 0 bridgehead atoms. The van der Waals surface area contributed by atoms with Gasteiger partial charge in [0.05, 0.1) is 29.5 Å². The Labute approximate surface area is 166 Å². The molecule has 2 N–H and O–H groups in total. The summed E-state index contributed by atoms with van der Waals surface area (Å²) in [4.78, 5) is 0. The lowest BCUT2D eigenvalue weighted by Crippen LogP contribution is -2.44. The normalized spacial score (nSPS) is 27.7. The molecule has 1 aliphatic carbocycles. The van der Waals surface area contributed by atoms with Crippen LogP contribution in [-0.4, -0.2) is 47.1 Å². The third-order valence-corrected chi connectivity index (χ3v) is 7.68. The predicted molar refractivity (Wildman–Crippen MR) is 112 cm³/mol. The highest BCUT2D eigenvalue weighted by molar-refractivity contribution is 7.91. The molecule has 2 aliphatic rings. The second kappa shape index (κ2) is 8.26. The highest BCUT2D eigenvalue weighted by Crippen LogP contribution is 2.26. The van der Waals surface area contributed by atoms with Gasteiger partial charge in [0, 0.05) is 17.3 Å². The van der Waals surface area contributed by atoms with Crippen LogP contribution in [0.4, 0.5) is 0 Å². The van der Waals surface area contributed by atoms with Crippen molar-refractivity contribution in [2.24, 2.45) is 11.0 Å². The standard InChI is InChI=1S/C18H29N5O2S2/c1-12-6-4-5-7-17(12)20-18(26)21-19-10-16-13(2)22-23(14(16)3)15-8-9-27(24,25)11-15/h10,12,15,17H,4-9,11H2,1-3H3,(H2,20,21,26)/b19-10-/t12-,15+,17+/m0/s1. The fourth-order valence-corrected chi connectivity index (χ4v) is 5.97. The molecule has 0 radical (unpaired) electrons. The maximum absolute atomic E-state index is 11.8. The van der Waals surface area contributed by atoms with Crippen molar-refractivity contribution < 1.29 is 8.42 Å². The number of hydrogen-bond donors (Lipinski definition) is 2. The molecular formula is C18H29N5O2S2. The molecule has 2 fully saturated rings. The first kappa shape index (κ1) is 20.3. The molecule has 7 nitrogen and oxygen atoms in total. The van der Waals surface area contributed by atoms with Crippen LogP contribution in [-0.2, 0) is 9.84 Å². The van der Waals surface area contributed by atoms with Gasteiger partial charge in [-0.05, 0) is 51.2 Å². The minimum Gasteiger partial charge on any atom is -0.358 e. The molecule has 9 heteroatoms. The highest BCUT2D eigenvalue weighted by Gasteiger charge is 2.31. The molecule has 1 saturated carbocycles. The molecule has 1 aliphatic heterocycles. The van der Waals surface area contributed by atoms with Gasteiger partial charge in [0.1, 0.15) is 0 Å². The van der Waals surface area contributed by atoms with Crippen LogP contribution in [0.25, 0.3) is 0 Å². The third kappa shape index (κ3) is 4.87. The van der Waals surface area contributed by atoms with E-state index in [0.717, 1.165) is 23.4 Å². The zero-order chi connectivity index (χ0) is 19.6. The van der Waals surface area contributed by atoms with Gasteiger partial charge in [0.2, 0.25) is 0 Å². The summed E-state index contributed by atoms with van der Waals surface area (Å²) in [6.07, 6.45) is 7.24. The number of hydrogen-bond acceptors (Lipinski definition) is 5. The van der Waals surface area contributed by atoms with Gasteiger partial charge in [0.25, 0.3) is 0 Å². The second-order valence-electron chi connectivity index (χ2n) is 7.80. The summed E-state index contributed by atoms with van der Waals surface area (Å²) in [6.45, 7) is 6.12. The number of aryl methyl sites for hydroxylation is 1. The zero-order valence-electron chi connectivity index (χ0n) is 16.2. The SMILES string of the molecule is Cc1nn([C@@H]2CCS(=O)(=O)C2)c(C)c1/C=N\NC(=S)N[C@@H]1CCCC[C@@H]1C. The van der Waals surface area contributed by atoms with Crippen LogP contribution in [0.15, 0.2) is 5.10 Å². The molecule has 0 spiro atoms. The number of rotatable bonds is 4. The van der Waals surface area contributed by atoms with Crippen molar-refractivity contribution in [3.8, 4) is 0 Å². The van der Waals surface area contributed by atoms with E-state index in [0.29, 0.717) is 23.5 Å². The minimum atomic E-state index is -2.94. The van der Waals surface area contributed by atoms with Crippen LogP contribution in [0.1, 0.15) is 62.0 Å². The first-order chi connectivity index (χ1) is 12.8.